The van der Waals surface area contributed by atoms with E-state index in [9.17, 15) is 8.78 Å². The molecule has 2 aromatic rings. The van der Waals surface area contributed by atoms with Crippen molar-refractivity contribution >= 4 is 23.4 Å². The lowest BCUT2D eigenvalue weighted by molar-refractivity contribution is 0.199. The molecule has 0 spiro atoms. The van der Waals surface area contributed by atoms with Crippen molar-refractivity contribution in [2.45, 2.75) is 44.2 Å². The zero-order chi connectivity index (χ0) is 21.4. The van der Waals surface area contributed by atoms with E-state index in [1.54, 1.807) is 0 Å². The van der Waals surface area contributed by atoms with Crippen LogP contribution in [-0.4, -0.2) is 49.0 Å². The normalized spacial score (nSPS) is 24.2. The summed E-state index contributed by atoms with van der Waals surface area (Å²) < 4.78 is 28.1. The van der Waals surface area contributed by atoms with Gasteiger partial charge in [0, 0.05) is 30.8 Å². The first kappa shape index (κ1) is 20.2. The fourth-order valence-corrected chi connectivity index (χ4v) is 4.75. The predicted molar refractivity (Wildman–Crippen MR) is 121 cm³/mol. The second-order valence-electron chi connectivity index (χ2n) is 8.81. The Hall–Kier alpha value is -2.67. The molecule has 0 aliphatic carbocycles. The van der Waals surface area contributed by atoms with Gasteiger partial charge >= 0.3 is 0 Å². The van der Waals surface area contributed by atoms with E-state index in [4.69, 9.17) is 4.98 Å². The molecule has 4 heterocycles. The van der Waals surface area contributed by atoms with Crippen LogP contribution in [0.3, 0.4) is 0 Å². The highest BCUT2D eigenvalue weighted by atomic mass is 19.2. The Kier molecular flexibility index (Phi) is 5.52. The Bertz CT molecular complexity index is 953. The lowest BCUT2D eigenvalue weighted by Gasteiger charge is -2.29. The van der Waals surface area contributed by atoms with Gasteiger partial charge in [0.05, 0.1) is 0 Å². The van der Waals surface area contributed by atoms with Crippen LogP contribution in [0.25, 0.3) is 6.08 Å². The zero-order valence-corrected chi connectivity index (χ0v) is 17.8. The number of likely N-dealkylation sites (tertiary alicyclic amines) is 1. The van der Waals surface area contributed by atoms with Crippen LogP contribution in [0, 0.1) is 0 Å². The second kappa shape index (κ2) is 8.46. The number of piperidine rings is 1. The zero-order valence-electron chi connectivity index (χ0n) is 17.8. The number of fused-ring (bicyclic) bond motifs is 1. The number of hydrogen-bond donors (Lipinski definition) is 2. The number of nitrogens with one attached hydrogen (secondary N) is 2. The summed E-state index contributed by atoms with van der Waals surface area (Å²) in [6.45, 7) is 3.25. The summed E-state index contributed by atoms with van der Waals surface area (Å²) in [6.07, 6.45) is 3.30. The molecule has 3 aliphatic heterocycles. The Labute approximate surface area is 182 Å². The molecule has 3 aliphatic rings. The molecule has 2 fully saturated rings. The summed E-state index contributed by atoms with van der Waals surface area (Å²) in [4.78, 5) is 8.50. The molecule has 7 heteroatoms. The van der Waals surface area contributed by atoms with Gasteiger partial charge in [0.2, 0.25) is 6.30 Å². The third-order valence-electron chi connectivity index (χ3n) is 6.70. The number of anilines is 3. The number of aromatic nitrogens is 1. The molecule has 0 radical (unpaired) electrons. The number of halogens is 2. The van der Waals surface area contributed by atoms with E-state index in [0.29, 0.717) is 30.6 Å². The average Bonchev–Trinajstić information content (AvgIpc) is 3.13. The molecule has 2 atom stereocenters. The first-order chi connectivity index (χ1) is 15.1. The molecular formula is C24H29F2N5. The van der Waals surface area contributed by atoms with E-state index < -0.39 is 12.5 Å². The van der Waals surface area contributed by atoms with E-state index in [2.05, 4.69) is 46.8 Å². The van der Waals surface area contributed by atoms with Crippen LogP contribution in [0.4, 0.5) is 26.1 Å². The highest BCUT2D eigenvalue weighted by Gasteiger charge is 2.35. The van der Waals surface area contributed by atoms with Crippen LogP contribution >= 0.6 is 0 Å². The second-order valence-corrected chi connectivity index (χ2v) is 8.81. The van der Waals surface area contributed by atoms with E-state index in [1.165, 1.54) is 23.3 Å². The fraction of sp³-hybridized carbons (Fsp3) is 0.458. The Morgan fingerprint density at radius 2 is 1.84 bits per heavy atom. The predicted octanol–water partition coefficient (Wildman–Crippen LogP) is 4.55. The molecule has 0 bridgehead atoms. The summed E-state index contributed by atoms with van der Waals surface area (Å²) in [5.41, 5.74) is 4.32. The van der Waals surface area contributed by atoms with Crippen LogP contribution in [0.2, 0.25) is 0 Å². The number of rotatable bonds is 4. The van der Waals surface area contributed by atoms with Crippen LogP contribution in [0.1, 0.15) is 41.9 Å². The largest absolute Gasteiger partial charge is 0.387 e. The molecule has 31 heavy (non-hydrogen) atoms. The summed E-state index contributed by atoms with van der Waals surface area (Å²) in [7, 11) is 2.18. The molecule has 5 rings (SSSR count). The maximum absolute atomic E-state index is 14.4. The topological polar surface area (TPSA) is 43.4 Å². The summed E-state index contributed by atoms with van der Waals surface area (Å²) >= 11 is 0. The van der Waals surface area contributed by atoms with Crippen LogP contribution in [-0.2, 0) is 6.54 Å². The van der Waals surface area contributed by atoms with Crippen LogP contribution in [0.5, 0.6) is 0 Å². The molecular weight excluding hydrogens is 396 g/mol. The third kappa shape index (κ3) is 4.11. The van der Waals surface area contributed by atoms with E-state index in [0.717, 1.165) is 29.9 Å². The molecule has 2 N–H and O–H groups in total. The molecule has 0 amide bonds. The van der Waals surface area contributed by atoms with Gasteiger partial charge in [-0.1, -0.05) is 12.1 Å². The van der Waals surface area contributed by atoms with Gasteiger partial charge in [0.15, 0.2) is 6.17 Å². The minimum absolute atomic E-state index is 0.193. The molecule has 164 valence electrons. The van der Waals surface area contributed by atoms with Gasteiger partial charge < -0.3 is 20.4 Å². The van der Waals surface area contributed by atoms with Gasteiger partial charge in [-0.25, -0.2) is 13.8 Å². The molecule has 0 saturated carbocycles. The van der Waals surface area contributed by atoms with Crippen molar-refractivity contribution in [3.63, 3.8) is 0 Å². The van der Waals surface area contributed by atoms with Gasteiger partial charge in [0.1, 0.15) is 11.6 Å². The van der Waals surface area contributed by atoms with E-state index >= 15 is 0 Å². The molecule has 2 unspecified atom stereocenters. The maximum atomic E-state index is 14.4. The fourth-order valence-electron chi connectivity index (χ4n) is 4.75. The smallest absolute Gasteiger partial charge is 0.205 e. The van der Waals surface area contributed by atoms with Crippen molar-refractivity contribution in [2.24, 2.45) is 0 Å². The number of pyridine rings is 1. The Morgan fingerprint density at radius 3 is 2.55 bits per heavy atom. The molecule has 1 aromatic heterocycles. The lowest BCUT2D eigenvalue weighted by atomic mass is 9.89. The number of benzene rings is 1. The Morgan fingerprint density at radius 1 is 1.06 bits per heavy atom. The SMILES string of the molecule is CN1CCC(c2ccc(Nc3nc(N4CCC(F)C4F)cc4c3CNC=C4)cc2)CC1. The van der Waals surface area contributed by atoms with Gasteiger partial charge in [-0.2, -0.15) is 0 Å². The lowest BCUT2D eigenvalue weighted by Crippen LogP contribution is -2.30. The van der Waals surface area contributed by atoms with Crippen molar-refractivity contribution < 1.29 is 8.78 Å². The van der Waals surface area contributed by atoms with E-state index in [-0.39, 0.29) is 6.42 Å². The van der Waals surface area contributed by atoms with Crippen molar-refractivity contribution in [2.75, 3.05) is 36.9 Å². The van der Waals surface area contributed by atoms with Crippen LogP contribution in [0.15, 0.2) is 36.5 Å². The monoisotopic (exact) mass is 425 g/mol. The average molecular weight is 426 g/mol. The molecule has 5 nitrogen and oxygen atoms in total. The molecule has 2 saturated heterocycles. The minimum Gasteiger partial charge on any atom is -0.387 e. The van der Waals surface area contributed by atoms with Crippen molar-refractivity contribution in [1.82, 2.24) is 15.2 Å². The maximum Gasteiger partial charge on any atom is 0.205 e. The minimum atomic E-state index is -1.64. The summed E-state index contributed by atoms with van der Waals surface area (Å²) in [5.74, 6) is 1.77. The van der Waals surface area contributed by atoms with Crippen molar-refractivity contribution in [3.05, 3.63) is 53.2 Å². The molecule has 1 aromatic carbocycles. The highest BCUT2D eigenvalue weighted by molar-refractivity contribution is 5.71. The van der Waals surface area contributed by atoms with Gasteiger partial charge in [0.25, 0.3) is 0 Å². The number of alkyl halides is 2. The summed E-state index contributed by atoms with van der Waals surface area (Å²) in [6, 6.07) is 10.4. The summed E-state index contributed by atoms with van der Waals surface area (Å²) in [5, 5.41) is 6.64. The quantitative estimate of drug-likeness (QED) is 0.704. The van der Waals surface area contributed by atoms with Gasteiger partial charge in [-0.05, 0) is 80.5 Å². The van der Waals surface area contributed by atoms with Crippen molar-refractivity contribution in [1.29, 1.82) is 0 Å². The first-order valence-electron chi connectivity index (χ1n) is 11.1. The van der Waals surface area contributed by atoms with Gasteiger partial charge in [-0.15, -0.1) is 0 Å². The highest BCUT2D eigenvalue weighted by Crippen LogP contribution is 2.34. The Balaban J connectivity index is 1.39. The van der Waals surface area contributed by atoms with Gasteiger partial charge in [-0.3, -0.25) is 0 Å². The number of hydrogen-bond acceptors (Lipinski definition) is 5. The van der Waals surface area contributed by atoms with Crippen molar-refractivity contribution in [3.8, 4) is 0 Å². The third-order valence-corrected chi connectivity index (χ3v) is 6.70. The first-order valence-corrected chi connectivity index (χ1v) is 11.1. The van der Waals surface area contributed by atoms with Crippen LogP contribution < -0.4 is 15.5 Å². The standard InChI is InChI=1S/C24H29F2N5/c1-30-11-7-17(8-12-30)16-2-4-19(5-3-16)28-24-20-15-27-10-6-18(20)14-22(29-24)31-13-9-21(25)23(31)26/h2-6,10,14,17,21,23,27H,7-9,11-13,15H2,1H3,(H,28,29). The van der Waals surface area contributed by atoms with E-state index in [1.807, 2.05) is 18.3 Å². The number of nitrogens with zero attached hydrogens (tertiary/aromatic N) is 3.